The van der Waals surface area contributed by atoms with E-state index in [-0.39, 0.29) is 22.9 Å². The van der Waals surface area contributed by atoms with Gasteiger partial charge < -0.3 is 4.74 Å². The van der Waals surface area contributed by atoms with E-state index in [1.807, 2.05) is 20.8 Å². The van der Waals surface area contributed by atoms with Crippen LogP contribution in [0.4, 0.5) is 25.1 Å². The molecule has 0 aliphatic heterocycles. The summed E-state index contributed by atoms with van der Waals surface area (Å²) in [6.07, 6.45) is -0.909. The summed E-state index contributed by atoms with van der Waals surface area (Å²) in [5, 5.41) is 17.5. The monoisotopic (exact) mass is 416 g/mol. The zero-order chi connectivity index (χ0) is 22.1. The van der Waals surface area contributed by atoms with Gasteiger partial charge in [0.25, 0.3) is 5.69 Å². The van der Waals surface area contributed by atoms with Gasteiger partial charge in [-0.05, 0) is 24.3 Å². The van der Waals surface area contributed by atoms with Crippen LogP contribution >= 0.6 is 0 Å². The highest BCUT2D eigenvalue weighted by Gasteiger charge is 2.23. The first-order chi connectivity index (χ1) is 14.0. The van der Waals surface area contributed by atoms with Crippen molar-refractivity contribution in [2.75, 3.05) is 5.32 Å². The highest BCUT2D eigenvalue weighted by atomic mass is 19.1. The van der Waals surface area contributed by atoms with E-state index in [0.717, 1.165) is 10.7 Å². The fourth-order valence-electron chi connectivity index (χ4n) is 2.55. The molecular formula is C20H18F2N4O4. The van der Waals surface area contributed by atoms with Gasteiger partial charge >= 0.3 is 6.09 Å². The maximum Gasteiger partial charge on any atom is 0.418 e. The van der Waals surface area contributed by atoms with E-state index in [9.17, 15) is 23.7 Å². The van der Waals surface area contributed by atoms with Crippen molar-refractivity contribution in [3.05, 3.63) is 76.0 Å². The standard InChI is InChI=1S/C20H18F2N4O4/c1-20(2,3)17-11-18(25(24-17)16-9-4-12(21)10-15(16)22)23-19(27)30-14-7-5-13(6-8-14)26(28)29/h4-11H,1-3H3,(H,23,27). The number of nitro benzene ring substituents is 1. The van der Waals surface area contributed by atoms with Gasteiger partial charge in [-0.1, -0.05) is 20.8 Å². The molecule has 0 radical (unpaired) electrons. The molecule has 3 rings (SSSR count). The number of halogens is 2. The first-order valence-corrected chi connectivity index (χ1v) is 8.84. The molecule has 1 heterocycles. The van der Waals surface area contributed by atoms with Crippen molar-refractivity contribution in [1.29, 1.82) is 0 Å². The predicted octanol–water partition coefficient (Wildman–Crippen LogP) is 4.97. The van der Waals surface area contributed by atoms with Crippen LogP contribution in [0.15, 0.2) is 48.5 Å². The predicted molar refractivity (Wildman–Crippen MR) is 105 cm³/mol. The Balaban J connectivity index is 1.89. The van der Waals surface area contributed by atoms with Crippen LogP contribution in [-0.4, -0.2) is 20.8 Å². The third-order valence-electron chi connectivity index (χ3n) is 4.10. The minimum absolute atomic E-state index is 0.0578. The van der Waals surface area contributed by atoms with Crippen LogP contribution in [0, 0.1) is 21.7 Å². The normalized spacial score (nSPS) is 11.2. The molecule has 2 aromatic carbocycles. The number of ether oxygens (including phenoxy) is 1. The third-order valence-corrected chi connectivity index (χ3v) is 4.10. The summed E-state index contributed by atoms with van der Waals surface area (Å²) in [5.74, 6) is -1.41. The van der Waals surface area contributed by atoms with E-state index in [1.165, 1.54) is 30.3 Å². The van der Waals surface area contributed by atoms with Gasteiger partial charge in [-0.3, -0.25) is 15.4 Å². The fourth-order valence-corrected chi connectivity index (χ4v) is 2.55. The van der Waals surface area contributed by atoms with Crippen LogP contribution in [0.3, 0.4) is 0 Å². The summed E-state index contributed by atoms with van der Waals surface area (Å²) in [4.78, 5) is 22.4. The number of nitrogens with zero attached hydrogens (tertiary/aromatic N) is 3. The molecule has 1 aromatic heterocycles. The summed E-state index contributed by atoms with van der Waals surface area (Å²) < 4.78 is 33.9. The van der Waals surface area contributed by atoms with Crippen molar-refractivity contribution in [1.82, 2.24) is 9.78 Å². The lowest BCUT2D eigenvalue weighted by Gasteiger charge is -2.14. The number of non-ortho nitro benzene ring substituents is 1. The van der Waals surface area contributed by atoms with Gasteiger partial charge in [0.2, 0.25) is 0 Å². The molecule has 0 saturated heterocycles. The van der Waals surface area contributed by atoms with Crippen LogP contribution in [0.25, 0.3) is 5.69 Å². The molecule has 30 heavy (non-hydrogen) atoms. The van der Waals surface area contributed by atoms with Crippen molar-refractivity contribution in [3.8, 4) is 11.4 Å². The molecule has 0 atom stereocenters. The molecule has 1 N–H and O–H groups in total. The Kier molecular flexibility index (Phi) is 5.50. The SMILES string of the molecule is CC(C)(C)c1cc(NC(=O)Oc2ccc([N+](=O)[O-])cc2)n(-c2ccc(F)cc2F)n1. The molecule has 3 aromatic rings. The number of anilines is 1. The zero-order valence-corrected chi connectivity index (χ0v) is 16.3. The number of hydrogen-bond donors (Lipinski definition) is 1. The topological polar surface area (TPSA) is 99.3 Å². The number of nitrogens with one attached hydrogen (secondary N) is 1. The van der Waals surface area contributed by atoms with Crippen molar-refractivity contribution in [2.45, 2.75) is 26.2 Å². The fraction of sp³-hybridized carbons (Fsp3) is 0.200. The quantitative estimate of drug-likeness (QED) is 0.478. The molecule has 0 fully saturated rings. The second-order valence-electron chi connectivity index (χ2n) is 7.44. The Hall–Kier alpha value is -3.82. The maximum absolute atomic E-state index is 14.3. The lowest BCUT2D eigenvalue weighted by Crippen LogP contribution is -2.19. The van der Waals surface area contributed by atoms with E-state index >= 15 is 0 Å². The number of hydrogen-bond acceptors (Lipinski definition) is 5. The lowest BCUT2D eigenvalue weighted by molar-refractivity contribution is -0.384. The molecule has 0 bridgehead atoms. The summed E-state index contributed by atoms with van der Waals surface area (Å²) in [5.41, 5.74) is -0.0719. The Bertz CT molecular complexity index is 1100. The average molecular weight is 416 g/mol. The van der Waals surface area contributed by atoms with Crippen molar-refractivity contribution in [2.24, 2.45) is 0 Å². The van der Waals surface area contributed by atoms with Gasteiger partial charge in [0.1, 0.15) is 23.1 Å². The molecule has 156 valence electrons. The number of rotatable bonds is 4. The molecule has 0 unspecified atom stereocenters. The first kappa shape index (κ1) is 20.9. The largest absolute Gasteiger partial charge is 0.418 e. The second-order valence-corrected chi connectivity index (χ2v) is 7.44. The number of carbonyl (C=O) groups excluding carboxylic acids is 1. The van der Waals surface area contributed by atoms with Gasteiger partial charge in [-0.25, -0.2) is 18.3 Å². The smallest absolute Gasteiger partial charge is 0.410 e. The Morgan fingerprint density at radius 2 is 1.80 bits per heavy atom. The van der Waals surface area contributed by atoms with E-state index in [0.29, 0.717) is 11.8 Å². The zero-order valence-electron chi connectivity index (χ0n) is 16.3. The summed E-state index contributed by atoms with van der Waals surface area (Å²) in [6.45, 7) is 5.67. The van der Waals surface area contributed by atoms with Crippen molar-refractivity contribution < 1.29 is 23.2 Å². The Labute approximate surface area is 170 Å². The molecule has 1 amide bonds. The van der Waals surface area contributed by atoms with Crippen LogP contribution in [0.5, 0.6) is 5.75 Å². The van der Waals surface area contributed by atoms with E-state index in [4.69, 9.17) is 4.74 Å². The molecule has 0 saturated carbocycles. The Morgan fingerprint density at radius 3 is 2.37 bits per heavy atom. The molecular weight excluding hydrogens is 398 g/mol. The van der Waals surface area contributed by atoms with Gasteiger partial charge in [-0.2, -0.15) is 5.10 Å². The first-order valence-electron chi connectivity index (χ1n) is 8.84. The minimum atomic E-state index is -0.909. The van der Waals surface area contributed by atoms with Crippen molar-refractivity contribution >= 4 is 17.6 Å². The molecule has 8 nitrogen and oxygen atoms in total. The maximum atomic E-state index is 14.3. The molecule has 10 heteroatoms. The summed E-state index contributed by atoms with van der Waals surface area (Å²) in [7, 11) is 0. The molecule has 0 aliphatic rings. The number of benzene rings is 2. The number of aromatic nitrogens is 2. The van der Waals surface area contributed by atoms with Crippen LogP contribution in [0.2, 0.25) is 0 Å². The average Bonchev–Trinajstić information content (AvgIpc) is 3.06. The third kappa shape index (κ3) is 4.59. The van der Waals surface area contributed by atoms with Gasteiger partial charge in [-0.15, -0.1) is 0 Å². The summed E-state index contributed by atoms with van der Waals surface area (Å²) in [6, 6.07) is 9.49. The highest BCUT2D eigenvalue weighted by molar-refractivity contribution is 5.85. The molecule has 0 aliphatic carbocycles. The van der Waals surface area contributed by atoms with E-state index < -0.39 is 28.1 Å². The number of amides is 1. The minimum Gasteiger partial charge on any atom is -0.410 e. The van der Waals surface area contributed by atoms with Crippen LogP contribution in [-0.2, 0) is 5.41 Å². The Morgan fingerprint density at radius 1 is 1.13 bits per heavy atom. The summed E-state index contributed by atoms with van der Waals surface area (Å²) >= 11 is 0. The van der Waals surface area contributed by atoms with Crippen LogP contribution in [0.1, 0.15) is 26.5 Å². The lowest BCUT2D eigenvalue weighted by atomic mass is 9.92. The number of nitro groups is 1. The number of carbonyl (C=O) groups is 1. The van der Waals surface area contributed by atoms with Gasteiger partial charge in [0.05, 0.1) is 10.6 Å². The van der Waals surface area contributed by atoms with E-state index in [1.54, 1.807) is 6.07 Å². The van der Waals surface area contributed by atoms with Crippen molar-refractivity contribution in [3.63, 3.8) is 0 Å². The van der Waals surface area contributed by atoms with Crippen LogP contribution < -0.4 is 10.1 Å². The second kappa shape index (κ2) is 7.90. The van der Waals surface area contributed by atoms with E-state index in [2.05, 4.69) is 10.4 Å². The highest BCUT2D eigenvalue weighted by Crippen LogP contribution is 2.28. The van der Waals surface area contributed by atoms with Gasteiger partial charge in [0, 0.05) is 29.7 Å². The molecule has 0 spiro atoms. The van der Waals surface area contributed by atoms with Gasteiger partial charge in [0.15, 0.2) is 5.82 Å².